The lowest BCUT2D eigenvalue weighted by molar-refractivity contribution is -0.150. The third-order valence-electron chi connectivity index (χ3n) is 5.96. The average molecular weight is 379 g/mol. The molecule has 2 aliphatic rings. The molecule has 1 unspecified atom stereocenters. The first kappa shape index (κ1) is 18.5. The standard InChI is InChI=1S/C22H25N3O3/c1-28-18-9-7-17(8-10-18)25-19(22(21(25)27)11-3-2-4-12-22)20(26)24-15-16-6-5-13-23-14-16/h5-10,13-14,19H,2-4,11-12,15H2,1H3,(H,24,26). The van der Waals surface area contributed by atoms with Crippen molar-refractivity contribution in [2.24, 2.45) is 5.41 Å². The van der Waals surface area contributed by atoms with Crippen molar-refractivity contribution in [2.75, 3.05) is 12.0 Å². The van der Waals surface area contributed by atoms with Gasteiger partial charge >= 0.3 is 0 Å². The molecule has 2 fully saturated rings. The van der Waals surface area contributed by atoms with E-state index in [9.17, 15) is 9.59 Å². The van der Waals surface area contributed by atoms with Crippen molar-refractivity contribution in [3.63, 3.8) is 0 Å². The van der Waals surface area contributed by atoms with Crippen LogP contribution in [0.15, 0.2) is 48.8 Å². The minimum absolute atomic E-state index is 0.0684. The van der Waals surface area contributed by atoms with Gasteiger partial charge in [-0.2, -0.15) is 0 Å². The molecule has 6 heteroatoms. The van der Waals surface area contributed by atoms with E-state index in [0.717, 1.165) is 49.1 Å². The van der Waals surface area contributed by atoms with Crippen molar-refractivity contribution < 1.29 is 14.3 Å². The van der Waals surface area contributed by atoms with Crippen LogP contribution < -0.4 is 15.0 Å². The minimum Gasteiger partial charge on any atom is -0.497 e. The Bertz CT molecular complexity index is 845. The Morgan fingerprint density at radius 1 is 1.21 bits per heavy atom. The molecule has 28 heavy (non-hydrogen) atoms. The topological polar surface area (TPSA) is 71.5 Å². The lowest BCUT2D eigenvalue weighted by Gasteiger charge is -2.56. The van der Waals surface area contributed by atoms with Crippen molar-refractivity contribution in [1.29, 1.82) is 0 Å². The number of hydrogen-bond donors (Lipinski definition) is 1. The number of pyridine rings is 1. The van der Waals surface area contributed by atoms with Crippen LogP contribution in [0.25, 0.3) is 0 Å². The highest BCUT2D eigenvalue weighted by Crippen LogP contribution is 2.51. The molecule has 1 saturated carbocycles. The number of benzene rings is 1. The highest BCUT2D eigenvalue weighted by atomic mass is 16.5. The molecule has 6 nitrogen and oxygen atoms in total. The normalized spacial score (nSPS) is 20.5. The zero-order valence-electron chi connectivity index (χ0n) is 16.1. The number of amides is 2. The fourth-order valence-electron chi connectivity index (χ4n) is 4.49. The quantitative estimate of drug-likeness (QED) is 0.811. The summed E-state index contributed by atoms with van der Waals surface area (Å²) in [5.41, 5.74) is 1.12. The SMILES string of the molecule is COc1ccc(N2C(=O)C3(CCCCC3)C2C(=O)NCc2cccnc2)cc1. The molecule has 2 heterocycles. The first-order valence-corrected chi connectivity index (χ1v) is 9.80. The number of methoxy groups -OCH3 is 1. The van der Waals surface area contributed by atoms with Gasteiger partial charge in [-0.05, 0) is 48.7 Å². The van der Waals surface area contributed by atoms with Gasteiger partial charge < -0.3 is 10.1 Å². The summed E-state index contributed by atoms with van der Waals surface area (Å²) in [4.78, 5) is 32.1. The summed E-state index contributed by atoms with van der Waals surface area (Å²) in [6, 6.07) is 10.6. The molecule has 0 radical (unpaired) electrons. The highest BCUT2D eigenvalue weighted by Gasteiger charge is 2.63. The fraction of sp³-hybridized carbons (Fsp3) is 0.409. The summed E-state index contributed by atoms with van der Waals surface area (Å²) in [6.07, 6.45) is 8.12. The van der Waals surface area contributed by atoms with E-state index in [-0.39, 0.29) is 11.8 Å². The van der Waals surface area contributed by atoms with Crippen LogP contribution in [0.3, 0.4) is 0 Å². The molecule has 4 rings (SSSR count). The smallest absolute Gasteiger partial charge is 0.244 e. The Morgan fingerprint density at radius 2 is 1.96 bits per heavy atom. The first-order valence-electron chi connectivity index (χ1n) is 9.80. The van der Waals surface area contributed by atoms with Gasteiger partial charge in [-0.1, -0.05) is 25.3 Å². The van der Waals surface area contributed by atoms with Gasteiger partial charge in [0.2, 0.25) is 11.8 Å². The molecule has 2 aromatic rings. The predicted molar refractivity (Wildman–Crippen MR) is 106 cm³/mol. The van der Waals surface area contributed by atoms with Gasteiger partial charge in [-0.25, -0.2) is 0 Å². The number of anilines is 1. The van der Waals surface area contributed by atoms with E-state index in [1.54, 1.807) is 24.4 Å². The number of aromatic nitrogens is 1. The van der Waals surface area contributed by atoms with Crippen LogP contribution in [0.1, 0.15) is 37.7 Å². The van der Waals surface area contributed by atoms with Crippen LogP contribution in [0.5, 0.6) is 5.75 Å². The van der Waals surface area contributed by atoms with E-state index >= 15 is 0 Å². The Balaban J connectivity index is 1.58. The summed E-state index contributed by atoms with van der Waals surface area (Å²) in [7, 11) is 1.61. The molecule has 1 spiro atoms. The second kappa shape index (κ2) is 7.62. The van der Waals surface area contributed by atoms with E-state index in [0.29, 0.717) is 6.54 Å². The van der Waals surface area contributed by atoms with E-state index in [4.69, 9.17) is 4.74 Å². The maximum Gasteiger partial charge on any atom is 0.244 e. The second-order valence-corrected chi connectivity index (χ2v) is 7.57. The van der Waals surface area contributed by atoms with Gasteiger partial charge in [0.05, 0.1) is 12.5 Å². The molecular formula is C22H25N3O3. The number of hydrogen-bond acceptors (Lipinski definition) is 4. The molecule has 2 amide bonds. The summed E-state index contributed by atoms with van der Waals surface area (Å²) in [6.45, 7) is 0.407. The number of nitrogens with one attached hydrogen (secondary N) is 1. The van der Waals surface area contributed by atoms with Gasteiger partial charge in [0.1, 0.15) is 11.8 Å². The van der Waals surface area contributed by atoms with Crippen molar-refractivity contribution in [3.05, 3.63) is 54.4 Å². The number of β-lactam (4-membered cyclic amide) rings is 1. The Morgan fingerprint density at radius 3 is 2.61 bits per heavy atom. The second-order valence-electron chi connectivity index (χ2n) is 7.57. The third kappa shape index (κ3) is 3.13. The van der Waals surface area contributed by atoms with E-state index in [2.05, 4.69) is 10.3 Å². The van der Waals surface area contributed by atoms with Crippen molar-refractivity contribution in [3.8, 4) is 5.75 Å². The molecule has 1 aromatic heterocycles. The summed E-state index contributed by atoms with van der Waals surface area (Å²) in [5.74, 6) is 0.696. The zero-order chi connectivity index (χ0) is 19.6. The first-order chi connectivity index (χ1) is 13.7. The monoisotopic (exact) mass is 379 g/mol. The van der Waals surface area contributed by atoms with Gasteiger partial charge in [-0.3, -0.25) is 19.5 Å². The molecule has 1 saturated heterocycles. The van der Waals surface area contributed by atoms with Crippen LogP contribution in [0, 0.1) is 5.41 Å². The number of carbonyl (C=O) groups is 2. The van der Waals surface area contributed by atoms with Crippen LogP contribution in [0.4, 0.5) is 5.69 Å². The maximum atomic E-state index is 13.2. The lowest BCUT2D eigenvalue weighted by Crippen LogP contribution is -2.74. The predicted octanol–water partition coefficient (Wildman–Crippen LogP) is 3.07. The molecule has 1 aliphatic heterocycles. The molecule has 1 N–H and O–H groups in total. The number of ether oxygens (including phenoxy) is 1. The molecule has 0 bridgehead atoms. The van der Waals surface area contributed by atoms with E-state index < -0.39 is 11.5 Å². The number of carbonyl (C=O) groups excluding carboxylic acids is 2. The van der Waals surface area contributed by atoms with Crippen LogP contribution in [0.2, 0.25) is 0 Å². The summed E-state index contributed by atoms with van der Waals surface area (Å²) < 4.78 is 5.21. The van der Waals surface area contributed by atoms with Crippen LogP contribution in [-0.2, 0) is 16.1 Å². The Kier molecular flexibility index (Phi) is 5.03. The third-order valence-corrected chi connectivity index (χ3v) is 5.96. The van der Waals surface area contributed by atoms with Crippen LogP contribution >= 0.6 is 0 Å². The van der Waals surface area contributed by atoms with Crippen LogP contribution in [-0.4, -0.2) is 29.9 Å². The van der Waals surface area contributed by atoms with Gasteiger partial charge in [-0.15, -0.1) is 0 Å². The number of nitrogens with zero attached hydrogens (tertiary/aromatic N) is 2. The van der Waals surface area contributed by atoms with E-state index in [1.807, 2.05) is 36.4 Å². The number of rotatable bonds is 5. The minimum atomic E-state index is -0.558. The lowest BCUT2D eigenvalue weighted by atomic mass is 9.61. The van der Waals surface area contributed by atoms with Crippen molar-refractivity contribution in [1.82, 2.24) is 10.3 Å². The van der Waals surface area contributed by atoms with Crippen molar-refractivity contribution in [2.45, 2.75) is 44.7 Å². The average Bonchev–Trinajstić information content (AvgIpc) is 2.76. The van der Waals surface area contributed by atoms with Crippen molar-refractivity contribution >= 4 is 17.5 Å². The zero-order valence-corrected chi connectivity index (χ0v) is 16.1. The highest BCUT2D eigenvalue weighted by molar-refractivity contribution is 6.14. The Labute approximate surface area is 164 Å². The fourth-order valence-corrected chi connectivity index (χ4v) is 4.49. The van der Waals surface area contributed by atoms with E-state index in [1.165, 1.54) is 0 Å². The molecule has 1 atom stereocenters. The molecule has 146 valence electrons. The molecular weight excluding hydrogens is 354 g/mol. The van der Waals surface area contributed by atoms with Gasteiger partial charge in [0.25, 0.3) is 0 Å². The van der Waals surface area contributed by atoms with Gasteiger partial charge in [0.15, 0.2) is 0 Å². The molecule has 1 aliphatic carbocycles. The largest absolute Gasteiger partial charge is 0.497 e. The maximum absolute atomic E-state index is 13.2. The molecule has 1 aromatic carbocycles. The Hall–Kier alpha value is -2.89. The summed E-state index contributed by atoms with van der Waals surface area (Å²) >= 11 is 0. The summed E-state index contributed by atoms with van der Waals surface area (Å²) in [5, 5.41) is 3.02. The van der Waals surface area contributed by atoms with Gasteiger partial charge in [0, 0.05) is 24.6 Å².